The first-order chi connectivity index (χ1) is 12.0. The second-order valence-electron chi connectivity index (χ2n) is 5.66. The predicted molar refractivity (Wildman–Crippen MR) is 94.6 cm³/mol. The van der Waals surface area contributed by atoms with Crippen LogP contribution in [0, 0.1) is 0 Å². The van der Waals surface area contributed by atoms with E-state index in [1.54, 1.807) is 37.5 Å². The molecule has 0 heterocycles. The second kappa shape index (κ2) is 6.65. The molecule has 0 N–H and O–H groups in total. The minimum Gasteiger partial charge on any atom is -0.294 e. The van der Waals surface area contributed by atoms with Crippen LogP contribution in [0.2, 0.25) is 0 Å². The molecule has 0 aromatic heterocycles. The number of allylic oxidation sites excluding steroid dienone is 2. The third kappa shape index (κ3) is 3.04. The van der Waals surface area contributed by atoms with Crippen molar-refractivity contribution in [2.45, 2.75) is 6.92 Å². The molecule has 0 atom stereocenters. The van der Waals surface area contributed by atoms with Gasteiger partial charge in [0.15, 0.2) is 11.6 Å². The normalized spacial score (nSPS) is 14.0. The summed E-state index contributed by atoms with van der Waals surface area (Å²) in [5, 5.41) is 5.53. The Bertz CT molecular complexity index is 927. The molecule has 0 radical (unpaired) electrons. The number of benzene rings is 2. The molecule has 124 valence electrons. The molecule has 0 saturated heterocycles. The molecule has 2 aromatic carbocycles. The second-order valence-corrected chi connectivity index (χ2v) is 5.66. The molecule has 0 amide bonds. The van der Waals surface area contributed by atoms with E-state index in [9.17, 15) is 14.4 Å². The minimum atomic E-state index is -0.454. The van der Waals surface area contributed by atoms with E-state index in [0.717, 1.165) is 5.56 Å². The number of hydrogen-bond donors (Lipinski definition) is 0. The fourth-order valence-electron chi connectivity index (χ4n) is 2.75. The van der Waals surface area contributed by atoms with E-state index in [4.69, 9.17) is 0 Å². The maximum atomic E-state index is 12.9. The first-order valence-electron chi connectivity index (χ1n) is 7.77. The van der Waals surface area contributed by atoms with Gasteiger partial charge in [-0.2, -0.15) is 5.10 Å². The molecule has 0 unspecified atom stereocenters. The first kappa shape index (κ1) is 16.5. The van der Waals surface area contributed by atoms with Crippen LogP contribution in [0.4, 0.5) is 0 Å². The van der Waals surface area contributed by atoms with Crippen molar-refractivity contribution in [3.05, 3.63) is 82.6 Å². The van der Waals surface area contributed by atoms with Crippen molar-refractivity contribution in [2.75, 3.05) is 7.05 Å². The molecule has 3 rings (SSSR count). The molecular formula is C20H16N2O3. The Morgan fingerprint density at radius 1 is 0.920 bits per heavy atom. The fraction of sp³-hybridized carbons (Fsp3) is 0.100. The molecule has 2 aromatic rings. The van der Waals surface area contributed by atoms with Crippen LogP contribution in [-0.2, 0) is 4.79 Å². The topological polar surface area (TPSA) is 66.8 Å². The standard InChI is InChI=1S/C20H16N2O3/c1-13(23)17-18(22(2)21-12-14-8-4-3-5-9-14)20(25)16-11-7-6-10-15(16)19(17)24/h3-12H,1-2H3. The van der Waals surface area contributed by atoms with Crippen LogP contribution in [-0.4, -0.2) is 35.6 Å². The number of likely N-dealkylation sites (N-methyl/N-ethyl adjacent to an activating group) is 1. The SMILES string of the molecule is CC(=O)C1=C(N(C)N=Cc2ccccc2)C(=O)c2ccccc2C1=O. The maximum absolute atomic E-state index is 12.9. The Kier molecular flexibility index (Phi) is 4.39. The Labute approximate surface area is 145 Å². The molecule has 0 saturated carbocycles. The zero-order valence-corrected chi connectivity index (χ0v) is 13.9. The summed E-state index contributed by atoms with van der Waals surface area (Å²) in [5.41, 5.74) is 1.25. The van der Waals surface area contributed by atoms with Gasteiger partial charge in [0, 0.05) is 18.2 Å². The van der Waals surface area contributed by atoms with Gasteiger partial charge in [-0.15, -0.1) is 0 Å². The average molecular weight is 332 g/mol. The van der Waals surface area contributed by atoms with Crippen LogP contribution in [0.25, 0.3) is 0 Å². The first-order valence-corrected chi connectivity index (χ1v) is 7.77. The van der Waals surface area contributed by atoms with Gasteiger partial charge in [0.2, 0.25) is 5.78 Å². The van der Waals surface area contributed by atoms with Gasteiger partial charge in [-0.05, 0) is 12.5 Å². The van der Waals surface area contributed by atoms with E-state index in [0.29, 0.717) is 0 Å². The Balaban J connectivity index is 2.06. The number of rotatable bonds is 4. The van der Waals surface area contributed by atoms with Crippen molar-refractivity contribution >= 4 is 23.6 Å². The molecule has 1 aliphatic carbocycles. The van der Waals surface area contributed by atoms with Crippen LogP contribution in [0.15, 0.2) is 71.0 Å². The van der Waals surface area contributed by atoms with Gasteiger partial charge in [0.1, 0.15) is 5.70 Å². The smallest absolute Gasteiger partial charge is 0.212 e. The summed E-state index contributed by atoms with van der Waals surface area (Å²) in [6, 6.07) is 15.8. The van der Waals surface area contributed by atoms with Crippen molar-refractivity contribution < 1.29 is 14.4 Å². The molecule has 5 heteroatoms. The highest BCUT2D eigenvalue weighted by atomic mass is 16.2. The van der Waals surface area contributed by atoms with Crippen molar-refractivity contribution in [2.24, 2.45) is 5.10 Å². The van der Waals surface area contributed by atoms with Gasteiger partial charge in [0.25, 0.3) is 0 Å². The lowest BCUT2D eigenvalue weighted by Gasteiger charge is -2.24. The molecular weight excluding hydrogens is 316 g/mol. The number of ketones is 3. The van der Waals surface area contributed by atoms with Gasteiger partial charge in [-0.25, -0.2) is 0 Å². The molecule has 0 aliphatic heterocycles. The Morgan fingerprint density at radius 2 is 1.48 bits per heavy atom. The number of Topliss-reactive ketones (excluding diaryl/α,β-unsaturated/α-hetero) is 3. The van der Waals surface area contributed by atoms with Gasteiger partial charge < -0.3 is 0 Å². The van der Waals surface area contributed by atoms with E-state index in [2.05, 4.69) is 5.10 Å². The number of hydrazone groups is 1. The fourth-order valence-corrected chi connectivity index (χ4v) is 2.75. The largest absolute Gasteiger partial charge is 0.294 e. The van der Waals surface area contributed by atoms with E-state index in [1.165, 1.54) is 11.9 Å². The molecule has 25 heavy (non-hydrogen) atoms. The van der Waals surface area contributed by atoms with E-state index >= 15 is 0 Å². The lowest BCUT2D eigenvalue weighted by Crippen LogP contribution is -2.32. The highest BCUT2D eigenvalue weighted by Crippen LogP contribution is 2.28. The van der Waals surface area contributed by atoms with Crippen molar-refractivity contribution in [3.63, 3.8) is 0 Å². The number of hydrogen-bond acceptors (Lipinski definition) is 5. The highest BCUT2D eigenvalue weighted by Gasteiger charge is 2.36. The molecule has 0 spiro atoms. The van der Waals surface area contributed by atoms with E-state index in [1.807, 2.05) is 30.3 Å². The van der Waals surface area contributed by atoms with Crippen LogP contribution in [0.1, 0.15) is 33.2 Å². The molecule has 1 aliphatic rings. The van der Waals surface area contributed by atoms with E-state index < -0.39 is 11.6 Å². The van der Waals surface area contributed by atoms with Gasteiger partial charge in [0.05, 0.1) is 11.8 Å². The average Bonchev–Trinajstić information content (AvgIpc) is 2.63. The summed E-state index contributed by atoms with van der Waals surface area (Å²) in [5.74, 6) is -1.28. The molecule has 5 nitrogen and oxygen atoms in total. The van der Waals surface area contributed by atoms with Gasteiger partial charge in [-0.3, -0.25) is 19.4 Å². The van der Waals surface area contributed by atoms with Crippen LogP contribution in [0.5, 0.6) is 0 Å². The summed E-state index contributed by atoms with van der Waals surface area (Å²) in [4.78, 5) is 37.6. The Morgan fingerprint density at radius 3 is 2.08 bits per heavy atom. The van der Waals surface area contributed by atoms with Crippen molar-refractivity contribution in [3.8, 4) is 0 Å². The molecule has 0 bridgehead atoms. The number of nitrogens with zero attached hydrogens (tertiary/aromatic N) is 2. The van der Waals surface area contributed by atoms with Crippen molar-refractivity contribution in [1.82, 2.24) is 5.01 Å². The molecule has 0 fully saturated rings. The summed E-state index contributed by atoms with van der Waals surface area (Å²) in [6.45, 7) is 1.28. The summed E-state index contributed by atoms with van der Waals surface area (Å²) in [6.07, 6.45) is 1.57. The maximum Gasteiger partial charge on any atom is 0.212 e. The number of fused-ring (bicyclic) bond motifs is 1. The predicted octanol–water partition coefficient (Wildman–Crippen LogP) is 2.87. The van der Waals surface area contributed by atoms with E-state index in [-0.39, 0.29) is 28.2 Å². The lowest BCUT2D eigenvalue weighted by molar-refractivity contribution is -0.113. The monoisotopic (exact) mass is 332 g/mol. The van der Waals surface area contributed by atoms with Gasteiger partial charge in [-0.1, -0.05) is 54.6 Å². The summed E-state index contributed by atoms with van der Waals surface area (Å²) in [7, 11) is 1.55. The quantitative estimate of drug-likeness (QED) is 0.490. The van der Waals surface area contributed by atoms with Crippen LogP contribution < -0.4 is 0 Å². The lowest BCUT2D eigenvalue weighted by atomic mass is 9.85. The third-order valence-corrected chi connectivity index (χ3v) is 3.95. The number of carbonyl (C=O) groups is 3. The highest BCUT2D eigenvalue weighted by molar-refractivity contribution is 6.36. The van der Waals surface area contributed by atoms with Crippen molar-refractivity contribution in [1.29, 1.82) is 0 Å². The minimum absolute atomic E-state index is 0.00313. The third-order valence-electron chi connectivity index (χ3n) is 3.95. The van der Waals surface area contributed by atoms with Crippen LogP contribution in [0.3, 0.4) is 0 Å². The zero-order valence-electron chi connectivity index (χ0n) is 13.9. The number of carbonyl (C=O) groups excluding carboxylic acids is 3. The van der Waals surface area contributed by atoms with Crippen LogP contribution >= 0.6 is 0 Å². The summed E-state index contributed by atoms with van der Waals surface area (Å²) < 4.78 is 0. The summed E-state index contributed by atoms with van der Waals surface area (Å²) >= 11 is 0. The zero-order chi connectivity index (χ0) is 18.0. The van der Waals surface area contributed by atoms with Gasteiger partial charge >= 0.3 is 0 Å². The Hall–Kier alpha value is -3.34.